The predicted octanol–water partition coefficient (Wildman–Crippen LogP) is 4.55. The zero-order valence-electron chi connectivity index (χ0n) is 10.3. The van der Waals surface area contributed by atoms with Crippen LogP contribution in [-0.4, -0.2) is 12.7 Å². The number of ether oxygens (including phenoxy) is 1. The molecule has 0 unspecified atom stereocenters. The van der Waals surface area contributed by atoms with Gasteiger partial charge in [0.05, 0.1) is 6.10 Å². The third-order valence-corrected chi connectivity index (χ3v) is 2.61. The van der Waals surface area contributed by atoms with Gasteiger partial charge in [-0.25, -0.2) is 0 Å². The fourth-order valence-corrected chi connectivity index (χ4v) is 1.58. The second kappa shape index (κ2) is 11.0. The lowest BCUT2D eigenvalue weighted by Gasteiger charge is -2.12. The number of hydrogen-bond acceptors (Lipinski definition) is 1. The van der Waals surface area contributed by atoms with Crippen LogP contribution in [0.1, 0.15) is 72.1 Å². The second-order valence-electron chi connectivity index (χ2n) is 4.24. The Labute approximate surface area is 90.2 Å². The summed E-state index contributed by atoms with van der Waals surface area (Å²) < 4.78 is 5.72. The van der Waals surface area contributed by atoms with Crippen LogP contribution in [0.5, 0.6) is 0 Å². The summed E-state index contributed by atoms with van der Waals surface area (Å²) in [6.45, 7) is 7.65. The first-order valence-corrected chi connectivity index (χ1v) is 6.42. The molecule has 0 amide bonds. The van der Waals surface area contributed by atoms with Gasteiger partial charge in [0.1, 0.15) is 0 Å². The smallest absolute Gasteiger partial charge is 0.0547 e. The second-order valence-corrected chi connectivity index (χ2v) is 4.24. The molecule has 1 nitrogen and oxygen atoms in total. The third-order valence-electron chi connectivity index (χ3n) is 2.61. The molecule has 0 saturated carbocycles. The van der Waals surface area contributed by atoms with Crippen molar-refractivity contribution in [3.63, 3.8) is 0 Å². The maximum absolute atomic E-state index is 5.72. The molecular formula is C13H28O. The molecule has 0 aromatic heterocycles. The average Bonchev–Trinajstić information content (AvgIpc) is 2.19. The standard InChI is InChI=1S/C13H28O/c1-4-6-8-9-11-13(3)14-12-10-7-5-2/h13H,4-12H2,1-3H3/t13-/m0/s1. The van der Waals surface area contributed by atoms with Crippen molar-refractivity contribution >= 4 is 0 Å². The van der Waals surface area contributed by atoms with Gasteiger partial charge in [-0.3, -0.25) is 0 Å². The topological polar surface area (TPSA) is 9.23 Å². The third kappa shape index (κ3) is 10.0. The van der Waals surface area contributed by atoms with E-state index in [-0.39, 0.29) is 0 Å². The molecule has 86 valence electrons. The first-order chi connectivity index (χ1) is 6.81. The molecule has 0 spiro atoms. The maximum Gasteiger partial charge on any atom is 0.0547 e. The van der Waals surface area contributed by atoms with Gasteiger partial charge in [-0.1, -0.05) is 52.4 Å². The molecule has 0 aliphatic rings. The van der Waals surface area contributed by atoms with Crippen molar-refractivity contribution in [2.45, 2.75) is 78.2 Å². The molecule has 0 aliphatic carbocycles. The summed E-state index contributed by atoms with van der Waals surface area (Å²) in [5.74, 6) is 0. The van der Waals surface area contributed by atoms with E-state index in [1.165, 1.54) is 51.4 Å². The Balaban J connectivity index is 3.07. The molecule has 0 aromatic rings. The number of rotatable bonds is 10. The first-order valence-electron chi connectivity index (χ1n) is 6.42. The lowest BCUT2D eigenvalue weighted by atomic mass is 10.1. The summed E-state index contributed by atoms with van der Waals surface area (Å²) in [5.41, 5.74) is 0. The van der Waals surface area contributed by atoms with Crippen LogP contribution in [0.4, 0.5) is 0 Å². The molecule has 1 atom stereocenters. The van der Waals surface area contributed by atoms with Crippen LogP contribution in [0.3, 0.4) is 0 Å². The van der Waals surface area contributed by atoms with Crippen molar-refractivity contribution in [1.82, 2.24) is 0 Å². The minimum Gasteiger partial charge on any atom is -0.379 e. The number of hydrogen-bond donors (Lipinski definition) is 0. The van der Waals surface area contributed by atoms with E-state index in [1.54, 1.807) is 0 Å². The molecule has 0 radical (unpaired) electrons. The molecule has 0 bridgehead atoms. The van der Waals surface area contributed by atoms with Crippen LogP contribution in [0.25, 0.3) is 0 Å². The highest BCUT2D eigenvalue weighted by atomic mass is 16.5. The Morgan fingerprint density at radius 3 is 2.14 bits per heavy atom. The van der Waals surface area contributed by atoms with Crippen molar-refractivity contribution in [2.24, 2.45) is 0 Å². The van der Waals surface area contributed by atoms with Gasteiger partial charge < -0.3 is 4.74 Å². The van der Waals surface area contributed by atoms with Crippen molar-refractivity contribution in [3.8, 4) is 0 Å². The minimum absolute atomic E-state index is 0.476. The van der Waals surface area contributed by atoms with Gasteiger partial charge in [-0.15, -0.1) is 0 Å². The maximum atomic E-state index is 5.72. The highest BCUT2D eigenvalue weighted by Crippen LogP contribution is 2.08. The van der Waals surface area contributed by atoms with Gasteiger partial charge in [-0.05, 0) is 19.8 Å². The molecule has 0 aromatic carbocycles. The lowest BCUT2D eigenvalue weighted by Crippen LogP contribution is -2.09. The van der Waals surface area contributed by atoms with E-state index in [0.717, 1.165) is 6.61 Å². The van der Waals surface area contributed by atoms with Gasteiger partial charge >= 0.3 is 0 Å². The van der Waals surface area contributed by atoms with E-state index in [4.69, 9.17) is 4.74 Å². The van der Waals surface area contributed by atoms with E-state index in [2.05, 4.69) is 20.8 Å². The van der Waals surface area contributed by atoms with Crippen molar-refractivity contribution in [2.75, 3.05) is 6.61 Å². The van der Waals surface area contributed by atoms with Crippen LogP contribution in [0, 0.1) is 0 Å². The normalized spacial score (nSPS) is 13.1. The largest absolute Gasteiger partial charge is 0.379 e. The molecule has 0 heterocycles. The monoisotopic (exact) mass is 200 g/mol. The van der Waals surface area contributed by atoms with Gasteiger partial charge in [-0.2, -0.15) is 0 Å². The van der Waals surface area contributed by atoms with Crippen LogP contribution in [0.2, 0.25) is 0 Å². The Kier molecular flexibility index (Phi) is 11.0. The zero-order chi connectivity index (χ0) is 10.6. The lowest BCUT2D eigenvalue weighted by molar-refractivity contribution is 0.0559. The molecular weight excluding hydrogens is 172 g/mol. The summed E-state index contributed by atoms with van der Waals surface area (Å²) in [4.78, 5) is 0. The van der Waals surface area contributed by atoms with Crippen LogP contribution < -0.4 is 0 Å². The van der Waals surface area contributed by atoms with Gasteiger partial charge in [0.2, 0.25) is 0 Å². The van der Waals surface area contributed by atoms with Crippen LogP contribution in [-0.2, 0) is 4.74 Å². The molecule has 0 N–H and O–H groups in total. The van der Waals surface area contributed by atoms with E-state index in [0.29, 0.717) is 6.10 Å². The summed E-state index contributed by atoms with van der Waals surface area (Å²) >= 11 is 0. The Hall–Kier alpha value is -0.0400. The Morgan fingerprint density at radius 2 is 1.50 bits per heavy atom. The molecule has 0 rings (SSSR count). The van der Waals surface area contributed by atoms with Crippen LogP contribution >= 0.6 is 0 Å². The summed E-state index contributed by atoms with van der Waals surface area (Å²) in [5, 5.41) is 0. The Bertz CT molecular complexity index is 89.4. The van der Waals surface area contributed by atoms with E-state index >= 15 is 0 Å². The Morgan fingerprint density at radius 1 is 0.857 bits per heavy atom. The zero-order valence-corrected chi connectivity index (χ0v) is 10.3. The fraction of sp³-hybridized carbons (Fsp3) is 1.00. The number of unbranched alkanes of at least 4 members (excludes halogenated alkanes) is 5. The molecule has 14 heavy (non-hydrogen) atoms. The van der Waals surface area contributed by atoms with Crippen molar-refractivity contribution in [1.29, 1.82) is 0 Å². The predicted molar refractivity (Wildman–Crippen MR) is 63.7 cm³/mol. The van der Waals surface area contributed by atoms with Crippen molar-refractivity contribution in [3.05, 3.63) is 0 Å². The molecule has 0 fully saturated rings. The minimum atomic E-state index is 0.476. The highest BCUT2D eigenvalue weighted by Gasteiger charge is 2.00. The summed E-state index contributed by atoms with van der Waals surface area (Å²) in [7, 11) is 0. The van der Waals surface area contributed by atoms with Gasteiger partial charge in [0, 0.05) is 6.61 Å². The van der Waals surface area contributed by atoms with Crippen molar-refractivity contribution < 1.29 is 4.74 Å². The molecule has 1 heteroatoms. The van der Waals surface area contributed by atoms with Gasteiger partial charge in [0.25, 0.3) is 0 Å². The average molecular weight is 200 g/mol. The highest BCUT2D eigenvalue weighted by molar-refractivity contribution is 4.51. The summed E-state index contributed by atoms with van der Waals surface area (Å²) in [6, 6.07) is 0. The first kappa shape index (κ1) is 14.0. The molecule has 0 aliphatic heterocycles. The molecule has 0 saturated heterocycles. The van der Waals surface area contributed by atoms with E-state index < -0.39 is 0 Å². The van der Waals surface area contributed by atoms with E-state index in [1.807, 2.05) is 0 Å². The quantitative estimate of drug-likeness (QED) is 0.470. The van der Waals surface area contributed by atoms with Crippen LogP contribution in [0.15, 0.2) is 0 Å². The SMILES string of the molecule is CCCCCC[C@H](C)OCCCCC. The van der Waals surface area contributed by atoms with Gasteiger partial charge in [0.15, 0.2) is 0 Å². The summed E-state index contributed by atoms with van der Waals surface area (Å²) in [6.07, 6.45) is 11.0. The fourth-order valence-electron chi connectivity index (χ4n) is 1.58. The van der Waals surface area contributed by atoms with E-state index in [9.17, 15) is 0 Å².